The fourth-order valence-corrected chi connectivity index (χ4v) is 1.06. The Hall–Kier alpha value is -1.78. The molecule has 0 radical (unpaired) electrons. The molecule has 1 rings (SSSR count). The van der Waals surface area contributed by atoms with Gasteiger partial charge in [0.2, 0.25) is 5.88 Å². The van der Waals surface area contributed by atoms with Crippen LogP contribution < -0.4 is 10.1 Å². The summed E-state index contributed by atoms with van der Waals surface area (Å²) in [5, 5.41) is 2.69. The molecular weight excluding hydrogens is 220 g/mol. The monoisotopic (exact) mass is 238 g/mol. The van der Waals surface area contributed by atoms with Crippen LogP contribution >= 0.6 is 0 Å². The van der Waals surface area contributed by atoms with E-state index in [1.807, 2.05) is 26.8 Å². The summed E-state index contributed by atoms with van der Waals surface area (Å²) in [6.07, 6.45) is 1.20. The lowest BCUT2D eigenvalue weighted by molar-refractivity contribution is 0.117. The molecule has 1 N–H and O–H groups in total. The first-order valence-electron chi connectivity index (χ1n) is 5.46. The van der Waals surface area contributed by atoms with Crippen LogP contribution in [0.3, 0.4) is 0 Å². The maximum absolute atomic E-state index is 11.3. The first-order valence-corrected chi connectivity index (χ1v) is 5.46. The summed E-state index contributed by atoms with van der Waals surface area (Å²) in [6, 6.07) is 5.38. The summed E-state index contributed by atoms with van der Waals surface area (Å²) in [5.74, 6) is 0.521. The van der Waals surface area contributed by atoms with Gasteiger partial charge in [-0.05, 0) is 26.8 Å². The maximum atomic E-state index is 11.3. The summed E-state index contributed by atoms with van der Waals surface area (Å²) in [6.45, 7) is 6.14. The Balaban J connectivity index is 2.14. The van der Waals surface area contributed by atoms with Crippen molar-refractivity contribution in [2.24, 2.45) is 0 Å². The Labute approximate surface area is 101 Å². The topological polar surface area (TPSA) is 60.5 Å². The van der Waals surface area contributed by atoms with Crippen LogP contribution in [0.4, 0.5) is 4.79 Å². The number of nitrogens with one attached hydrogen (secondary N) is 1. The molecule has 0 aliphatic rings. The Bertz CT molecular complexity index is 347. The summed E-state index contributed by atoms with van der Waals surface area (Å²) < 4.78 is 10.2. The quantitative estimate of drug-likeness (QED) is 0.815. The molecule has 0 saturated heterocycles. The molecule has 5 nitrogen and oxygen atoms in total. The van der Waals surface area contributed by atoms with Crippen molar-refractivity contribution in [3.63, 3.8) is 0 Å². The number of aromatic nitrogens is 1. The van der Waals surface area contributed by atoms with E-state index in [0.717, 1.165) is 0 Å². The molecule has 1 aromatic heterocycles. The highest BCUT2D eigenvalue weighted by Crippen LogP contribution is 2.03. The number of amides is 1. The molecule has 1 heterocycles. The van der Waals surface area contributed by atoms with Crippen molar-refractivity contribution in [3.05, 3.63) is 24.4 Å². The predicted molar refractivity (Wildman–Crippen MR) is 64.0 cm³/mol. The lowest BCUT2D eigenvalue weighted by atomic mass is 10.1. The van der Waals surface area contributed by atoms with Crippen LogP contribution in [0.15, 0.2) is 24.4 Å². The number of hydrogen-bond acceptors (Lipinski definition) is 4. The van der Waals surface area contributed by atoms with Gasteiger partial charge in [-0.1, -0.05) is 6.07 Å². The summed E-state index contributed by atoms with van der Waals surface area (Å²) >= 11 is 0. The van der Waals surface area contributed by atoms with Crippen LogP contribution in [-0.2, 0) is 4.74 Å². The molecule has 0 unspecified atom stereocenters. The molecule has 0 aliphatic carbocycles. The van der Waals surface area contributed by atoms with Crippen molar-refractivity contribution < 1.29 is 14.3 Å². The van der Waals surface area contributed by atoms with Gasteiger partial charge in [0.15, 0.2) is 0 Å². The lowest BCUT2D eigenvalue weighted by Crippen LogP contribution is -2.41. The zero-order chi connectivity index (χ0) is 12.7. The molecule has 0 aromatic carbocycles. The van der Waals surface area contributed by atoms with Crippen LogP contribution in [0.5, 0.6) is 5.88 Å². The summed E-state index contributed by atoms with van der Waals surface area (Å²) in [5.41, 5.74) is -0.293. The molecule has 1 amide bonds. The number of nitrogens with zero attached hydrogens (tertiary/aromatic N) is 1. The highest BCUT2D eigenvalue weighted by molar-refractivity contribution is 5.67. The Morgan fingerprint density at radius 2 is 2.12 bits per heavy atom. The smallest absolute Gasteiger partial charge is 0.407 e. The Kier molecular flexibility index (Phi) is 4.75. The normalized spacial score (nSPS) is 10.8. The van der Waals surface area contributed by atoms with Crippen LogP contribution in [0.25, 0.3) is 0 Å². The van der Waals surface area contributed by atoms with Crippen LogP contribution in [-0.4, -0.2) is 29.8 Å². The number of alkyl carbamates (subject to hydrolysis) is 1. The van der Waals surface area contributed by atoms with Gasteiger partial charge in [-0.2, -0.15) is 0 Å². The zero-order valence-electron chi connectivity index (χ0n) is 10.4. The zero-order valence-corrected chi connectivity index (χ0v) is 10.4. The van der Waals surface area contributed by atoms with Gasteiger partial charge in [0.1, 0.15) is 13.2 Å². The van der Waals surface area contributed by atoms with Gasteiger partial charge >= 0.3 is 6.09 Å². The molecular formula is C12H18N2O3. The molecule has 0 bridgehead atoms. The van der Waals surface area contributed by atoms with Gasteiger partial charge < -0.3 is 14.8 Å². The molecule has 0 fully saturated rings. The number of rotatable bonds is 4. The third-order valence-electron chi connectivity index (χ3n) is 1.68. The van der Waals surface area contributed by atoms with Crippen molar-refractivity contribution in [2.75, 3.05) is 13.2 Å². The van der Waals surface area contributed by atoms with Crippen LogP contribution in [0.2, 0.25) is 0 Å². The summed E-state index contributed by atoms with van der Waals surface area (Å²) in [4.78, 5) is 15.2. The molecule has 94 valence electrons. The van der Waals surface area contributed by atoms with Crippen molar-refractivity contribution in [3.8, 4) is 5.88 Å². The second kappa shape index (κ2) is 6.08. The van der Waals surface area contributed by atoms with E-state index in [4.69, 9.17) is 9.47 Å². The van der Waals surface area contributed by atoms with Gasteiger partial charge in [-0.15, -0.1) is 0 Å². The van der Waals surface area contributed by atoms with E-state index in [0.29, 0.717) is 5.88 Å². The molecule has 0 saturated carbocycles. The molecule has 0 atom stereocenters. The van der Waals surface area contributed by atoms with Gasteiger partial charge in [0, 0.05) is 17.8 Å². The molecule has 5 heteroatoms. The SMILES string of the molecule is CC(C)(C)NC(=O)OCCOc1ccccn1. The minimum atomic E-state index is -0.442. The molecule has 17 heavy (non-hydrogen) atoms. The van der Waals surface area contributed by atoms with E-state index in [-0.39, 0.29) is 18.8 Å². The van der Waals surface area contributed by atoms with Crippen molar-refractivity contribution >= 4 is 6.09 Å². The average Bonchev–Trinajstić information content (AvgIpc) is 2.23. The molecule has 1 aromatic rings. The number of carbonyl (C=O) groups excluding carboxylic acids is 1. The standard InChI is InChI=1S/C12H18N2O3/c1-12(2,3)14-11(15)17-9-8-16-10-6-4-5-7-13-10/h4-7H,8-9H2,1-3H3,(H,14,15). The van der Waals surface area contributed by atoms with Gasteiger partial charge in [-0.3, -0.25) is 0 Å². The Morgan fingerprint density at radius 3 is 2.71 bits per heavy atom. The maximum Gasteiger partial charge on any atom is 0.407 e. The van der Waals surface area contributed by atoms with Crippen LogP contribution in [0.1, 0.15) is 20.8 Å². The Morgan fingerprint density at radius 1 is 1.35 bits per heavy atom. The highest BCUT2D eigenvalue weighted by atomic mass is 16.6. The largest absolute Gasteiger partial charge is 0.474 e. The van der Waals surface area contributed by atoms with E-state index in [1.54, 1.807) is 18.3 Å². The number of ether oxygens (including phenoxy) is 2. The number of pyridine rings is 1. The van der Waals surface area contributed by atoms with Gasteiger partial charge in [-0.25, -0.2) is 9.78 Å². The minimum Gasteiger partial charge on any atom is -0.474 e. The number of hydrogen-bond donors (Lipinski definition) is 1. The highest BCUT2D eigenvalue weighted by Gasteiger charge is 2.14. The average molecular weight is 238 g/mol. The van der Waals surface area contributed by atoms with E-state index < -0.39 is 6.09 Å². The van der Waals surface area contributed by atoms with E-state index in [9.17, 15) is 4.79 Å². The fourth-order valence-electron chi connectivity index (χ4n) is 1.06. The van der Waals surface area contributed by atoms with Crippen molar-refractivity contribution in [2.45, 2.75) is 26.3 Å². The second-order valence-electron chi connectivity index (χ2n) is 4.53. The van der Waals surface area contributed by atoms with Crippen LogP contribution in [0, 0.1) is 0 Å². The summed E-state index contributed by atoms with van der Waals surface area (Å²) in [7, 11) is 0. The van der Waals surface area contributed by atoms with E-state index in [1.165, 1.54) is 0 Å². The predicted octanol–water partition coefficient (Wildman–Crippen LogP) is 1.99. The van der Waals surface area contributed by atoms with Crippen molar-refractivity contribution in [1.82, 2.24) is 10.3 Å². The lowest BCUT2D eigenvalue weighted by Gasteiger charge is -2.19. The van der Waals surface area contributed by atoms with Gasteiger partial charge in [0.05, 0.1) is 0 Å². The third kappa shape index (κ3) is 6.40. The second-order valence-corrected chi connectivity index (χ2v) is 4.53. The van der Waals surface area contributed by atoms with Crippen molar-refractivity contribution in [1.29, 1.82) is 0 Å². The van der Waals surface area contributed by atoms with Gasteiger partial charge in [0.25, 0.3) is 0 Å². The minimum absolute atomic E-state index is 0.193. The third-order valence-corrected chi connectivity index (χ3v) is 1.68. The molecule has 0 spiro atoms. The van der Waals surface area contributed by atoms with E-state index in [2.05, 4.69) is 10.3 Å². The molecule has 0 aliphatic heterocycles. The number of carbonyl (C=O) groups is 1. The first-order chi connectivity index (χ1) is 7.97. The van der Waals surface area contributed by atoms with E-state index >= 15 is 0 Å². The fraction of sp³-hybridized carbons (Fsp3) is 0.500. The first kappa shape index (κ1) is 13.3.